The number of nitrogens with zero attached hydrogens (tertiary/aromatic N) is 2. The number of anilines is 2. The highest BCUT2D eigenvalue weighted by Crippen LogP contribution is 2.28. The third-order valence-electron chi connectivity index (χ3n) is 4.14. The summed E-state index contributed by atoms with van der Waals surface area (Å²) in [6.45, 7) is 3.90. The molecule has 0 atom stereocenters. The van der Waals surface area contributed by atoms with Crippen molar-refractivity contribution in [3.63, 3.8) is 0 Å². The Bertz CT molecular complexity index is 867. The Hall–Kier alpha value is -2.18. The van der Waals surface area contributed by atoms with E-state index in [1.807, 2.05) is 30.4 Å². The van der Waals surface area contributed by atoms with Crippen LogP contribution in [0.1, 0.15) is 25.1 Å². The van der Waals surface area contributed by atoms with Crippen molar-refractivity contribution in [1.29, 1.82) is 0 Å². The zero-order valence-electron chi connectivity index (χ0n) is 13.3. The minimum Gasteiger partial charge on any atom is -0.367 e. The lowest BCUT2D eigenvalue weighted by atomic mass is 10.1. The fourth-order valence-corrected chi connectivity index (χ4v) is 4.45. The number of aryl methyl sites for hydroxylation is 1. The van der Waals surface area contributed by atoms with Gasteiger partial charge in [-0.2, -0.15) is 0 Å². The van der Waals surface area contributed by atoms with E-state index in [1.165, 1.54) is 27.5 Å². The third-order valence-corrected chi connectivity index (χ3v) is 6.08. The van der Waals surface area contributed by atoms with Gasteiger partial charge in [-0.05, 0) is 54.6 Å². The van der Waals surface area contributed by atoms with Gasteiger partial charge >= 0.3 is 0 Å². The second kappa shape index (κ2) is 6.37. The van der Waals surface area contributed by atoms with Gasteiger partial charge in [-0.25, -0.2) is 4.98 Å². The van der Waals surface area contributed by atoms with E-state index in [2.05, 4.69) is 38.8 Å². The van der Waals surface area contributed by atoms with E-state index in [0.717, 1.165) is 30.2 Å². The lowest BCUT2D eigenvalue weighted by Crippen LogP contribution is -2.29. The number of rotatable bonds is 3. The molecule has 3 heterocycles. The summed E-state index contributed by atoms with van der Waals surface area (Å²) in [6, 6.07) is 10.3. The van der Waals surface area contributed by atoms with Gasteiger partial charge in [0, 0.05) is 29.3 Å². The number of aromatic nitrogens is 1. The summed E-state index contributed by atoms with van der Waals surface area (Å²) in [5.41, 5.74) is 3.44. The van der Waals surface area contributed by atoms with Crippen molar-refractivity contribution in [1.82, 2.24) is 4.98 Å². The molecule has 2 aromatic heterocycles. The number of carbonyl (C=O) groups is 1. The first-order valence-electron chi connectivity index (χ1n) is 7.83. The molecule has 3 aromatic rings. The molecule has 1 N–H and O–H groups in total. The van der Waals surface area contributed by atoms with E-state index in [0.29, 0.717) is 4.88 Å². The lowest BCUT2D eigenvalue weighted by molar-refractivity contribution is 0.103. The number of nitrogens with one attached hydrogen (secondary N) is 1. The second-order valence-electron chi connectivity index (χ2n) is 5.79. The molecule has 6 heteroatoms. The minimum atomic E-state index is -0.103. The maximum Gasteiger partial charge on any atom is 0.267 e. The molecular formula is C18H17N3OS2. The molecule has 1 aliphatic rings. The quantitative estimate of drug-likeness (QED) is 0.761. The second-order valence-corrected chi connectivity index (χ2v) is 8.02. The monoisotopic (exact) mass is 355 g/mol. The van der Waals surface area contributed by atoms with Gasteiger partial charge in [0.1, 0.15) is 4.88 Å². The molecule has 1 aromatic carbocycles. The third kappa shape index (κ3) is 3.07. The Labute approximate surface area is 148 Å². The smallest absolute Gasteiger partial charge is 0.267 e. The molecule has 0 aliphatic carbocycles. The lowest BCUT2D eigenvalue weighted by Gasteiger charge is -2.29. The van der Waals surface area contributed by atoms with Crippen LogP contribution in [0.2, 0.25) is 0 Å². The molecule has 1 amide bonds. The van der Waals surface area contributed by atoms with Crippen LogP contribution in [0, 0.1) is 6.92 Å². The number of thiazole rings is 1. The first kappa shape index (κ1) is 15.4. The van der Waals surface area contributed by atoms with Crippen LogP contribution in [0.5, 0.6) is 0 Å². The van der Waals surface area contributed by atoms with Crippen LogP contribution < -0.4 is 10.2 Å². The fourth-order valence-electron chi connectivity index (χ4n) is 2.88. The Balaban J connectivity index is 1.44. The largest absolute Gasteiger partial charge is 0.367 e. The topological polar surface area (TPSA) is 45.2 Å². The zero-order chi connectivity index (χ0) is 16.5. The van der Waals surface area contributed by atoms with Crippen molar-refractivity contribution < 1.29 is 4.79 Å². The van der Waals surface area contributed by atoms with Gasteiger partial charge in [0.05, 0.1) is 11.2 Å². The molecule has 4 nitrogen and oxygen atoms in total. The summed E-state index contributed by atoms with van der Waals surface area (Å²) < 4.78 is 0. The number of hydrogen-bond donors (Lipinski definition) is 1. The normalized spacial score (nSPS) is 13.6. The number of carbonyl (C=O) groups excluding carboxylic acids is 1. The molecule has 0 saturated heterocycles. The Morgan fingerprint density at radius 2 is 2.08 bits per heavy atom. The van der Waals surface area contributed by atoms with Crippen molar-refractivity contribution in [3.8, 4) is 0 Å². The Morgan fingerprint density at radius 1 is 1.25 bits per heavy atom. The van der Waals surface area contributed by atoms with Gasteiger partial charge < -0.3 is 10.2 Å². The summed E-state index contributed by atoms with van der Waals surface area (Å²) in [4.78, 5) is 20.8. The standard InChI is InChI=1S/C18H17N3OS2/c1-12-19-10-17(24-12)18(22)20-14-2-4-15(5-3-14)21-8-6-16-13(11-21)7-9-23-16/h2-5,7,9-10H,6,8,11H2,1H3,(H,20,22). The predicted octanol–water partition coefficient (Wildman–Crippen LogP) is 4.33. The Kier molecular flexibility index (Phi) is 4.08. The maximum atomic E-state index is 12.2. The van der Waals surface area contributed by atoms with E-state index in [9.17, 15) is 4.79 Å². The highest BCUT2D eigenvalue weighted by atomic mass is 32.1. The molecule has 0 unspecified atom stereocenters. The number of thiophene rings is 1. The van der Waals surface area contributed by atoms with E-state index < -0.39 is 0 Å². The molecule has 4 rings (SSSR count). The van der Waals surface area contributed by atoms with Gasteiger partial charge in [-0.1, -0.05) is 0 Å². The van der Waals surface area contributed by atoms with Gasteiger partial charge in [0.25, 0.3) is 5.91 Å². The van der Waals surface area contributed by atoms with Crippen molar-refractivity contribution in [3.05, 3.63) is 62.2 Å². The number of benzene rings is 1. The molecular weight excluding hydrogens is 338 g/mol. The van der Waals surface area contributed by atoms with E-state index in [4.69, 9.17) is 0 Å². The van der Waals surface area contributed by atoms with Gasteiger partial charge in [0.2, 0.25) is 0 Å². The van der Waals surface area contributed by atoms with Crippen molar-refractivity contribution in [2.45, 2.75) is 19.9 Å². The van der Waals surface area contributed by atoms with Crippen LogP contribution in [0.25, 0.3) is 0 Å². The van der Waals surface area contributed by atoms with E-state index in [-0.39, 0.29) is 5.91 Å². The SMILES string of the molecule is Cc1ncc(C(=O)Nc2ccc(N3CCc4sccc4C3)cc2)s1. The van der Waals surface area contributed by atoms with Crippen LogP contribution >= 0.6 is 22.7 Å². The van der Waals surface area contributed by atoms with Crippen molar-refractivity contribution >= 4 is 40.0 Å². The fraction of sp³-hybridized carbons (Fsp3) is 0.222. The molecule has 0 spiro atoms. The highest BCUT2D eigenvalue weighted by molar-refractivity contribution is 7.13. The van der Waals surface area contributed by atoms with Crippen LogP contribution in [0.15, 0.2) is 41.9 Å². The number of hydrogen-bond acceptors (Lipinski definition) is 5. The van der Waals surface area contributed by atoms with Gasteiger partial charge in [0.15, 0.2) is 0 Å². The minimum absolute atomic E-state index is 0.103. The van der Waals surface area contributed by atoms with E-state index >= 15 is 0 Å². The molecule has 0 saturated carbocycles. The van der Waals surface area contributed by atoms with Crippen molar-refractivity contribution in [2.75, 3.05) is 16.8 Å². The first-order chi connectivity index (χ1) is 11.7. The summed E-state index contributed by atoms with van der Waals surface area (Å²) in [7, 11) is 0. The molecule has 1 aliphatic heterocycles. The van der Waals surface area contributed by atoms with Crippen LogP contribution in [0.3, 0.4) is 0 Å². The maximum absolute atomic E-state index is 12.2. The molecule has 0 fully saturated rings. The summed E-state index contributed by atoms with van der Waals surface area (Å²) >= 11 is 3.26. The molecule has 122 valence electrons. The van der Waals surface area contributed by atoms with Crippen LogP contribution in [-0.4, -0.2) is 17.4 Å². The summed E-state index contributed by atoms with van der Waals surface area (Å²) in [5, 5.41) is 6.00. The van der Waals surface area contributed by atoms with Crippen LogP contribution in [-0.2, 0) is 13.0 Å². The molecule has 24 heavy (non-hydrogen) atoms. The Morgan fingerprint density at radius 3 is 2.83 bits per heavy atom. The number of fused-ring (bicyclic) bond motifs is 1. The van der Waals surface area contributed by atoms with Gasteiger partial charge in [-0.3, -0.25) is 4.79 Å². The summed E-state index contributed by atoms with van der Waals surface area (Å²) in [6.07, 6.45) is 2.73. The molecule has 0 bridgehead atoms. The van der Waals surface area contributed by atoms with Crippen LogP contribution in [0.4, 0.5) is 11.4 Å². The van der Waals surface area contributed by atoms with E-state index in [1.54, 1.807) is 6.20 Å². The highest BCUT2D eigenvalue weighted by Gasteiger charge is 2.17. The zero-order valence-corrected chi connectivity index (χ0v) is 14.9. The average molecular weight is 355 g/mol. The predicted molar refractivity (Wildman–Crippen MR) is 100 cm³/mol. The first-order valence-corrected chi connectivity index (χ1v) is 9.53. The van der Waals surface area contributed by atoms with Crippen molar-refractivity contribution in [2.24, 2.45) is 0 Å². The molecule has 0 radical (unpaired) electrons. The average Bonchev–Trinajstić information content (AvgIpc) is 3.23. The van der Waals surface area contributed by atoms with Gasteiger partial charge in [-0.15, -0.1) is 22.7 Å². The number of amides is 1. The summed E-state index contributed by atoms with van der Waals surface area (Å²) in [5.74, 6) is -0.103.